The monoisotopic (exact) mass is 394 g/mol. The zero-order valence-corrected chi connectivity index (χ0v) is 17.9. The molecule has 0 amide bonds. The van der Waals surface area contributed by atoms with Crippen LogP contribution >= 0.6 is 0 Å². The summed E-state index contributed by atoms with van der Waals surface area (Å²) >= 11 is 0. The maximum atomic E-state index is 10.8. The summed E-state index contributed by atoms with van der Waals surface area (Å²) < 4.78 is 11.7. The van der Waals surface area contributed by atoms with Crippen molar-refractivity contribution in [2.45, 2.75) is 58.8 Å². The molecule has 0 unspecified atom stereocenters. The van der Waals surface area contributed by atoms with E-state index in [2.05, 4.69) is 50.3 Å². The molecule has 2 aromatic rings. The number of unbranched alkanes of at least 4 members (excludes halogenated alkanes) is 2. The molecule has 0 radical (unpaired) electrons. The van der Waals surface area contributed by atoms with Crippen LogP contribution < -0.4 is 9.47 Å². The Balaban J connectivity index is 1.75. The Hall–Kier alpha value is -2.55. The lowest BCUT2D eigenvalue weighted by atomic mass is 10.1. The zero-order valence-electron chi connectivity index (χ0n) is 17.9. The molecule has 0 aromatic heterocycles. The molecule has 0 fully saturated rings. The van der Waals surface area contributed by atoms with Crippen molar-refractivity contribution in [1.82, 2.24) is 0 Å². The molecular weight excluding hydrogens is 360 g/mol. The van der Waals surface area contributed by atoms with E-state index >= 15 is 0 Å². The third-order valence-corrected chi connectivity index (χ3v) is 4.76. The highest BCUT2D eigenvalue weighted by Gasteiger charge is 2.06. The Morgan fingerprint density at radius 2 is 1.72 bits per heavy atom. The normalized spacial score (nSPS) is 11.0. The van der Waals surface area contributed by atoms with Gasteiger partial charge in [0.2, 0.25) is 0 Å². The van der Waals surface area contributed by atoms with Gasteiger partial charge < -0.3 is 14.3 Å². The first-order valence-corrected chi connectivity index (χ1v) is 10.8. The fourth-order valence-corrected chi connectivity index (χ4v) is 3.05. The van der Waals surface area contributed by atoms with Gasteiger partial charge in [-0.2, -0.15) is 0 Å². The molecule has 0 saturated carbocycles. The van der Waals surface area contributed by atoms with Gasteiger partial charge in [0.15, 0.2) is 0 Å². The highest BCUT2D eigenvalue weighted by atomic mass is 16.5. The molecule has 29 heavy (non-hydrogen) atoms. The fourth-order valence-electron chi connectivity index (χ4n) is 3.05. The van der Waals surface area contributed by atoms with Crippen molar-refractivity contribution in [3.63, 3.8) is 0 Å². The predicted octanol–water partition coefficient (Wildman–Crippen LogP) is 6.43. The van der Waals surface area contributed by atoms with E-state index in [1.165, 1.54) is 11.1 Å². The molecule has 0 atom stereocenters. The van der Waals surface area contributed by atoms with E-state index in [0.717, 1.165) is 55.5 Å². The first-order chi connectivity index (χ1) is 14.3. The standard InChI is InChI=1S/C26H34O3/c1-3-19-28-25-16-17-26(24(21-25)11-9-18-27)29-20-8-6-5-7-10-23-14-12-22(4-2)13-15-23/h7,10,12-18,21H,3-6,8-9,11,19-20H2,1-2H3/b10-7+. The highest BCUT2D eigenvalue weighted by molar-refractivity contribution is 5.51. The molecule has 0 heterocycles. The summed E-state index contributed by atoms with van der Waals surface area (Å²) in [6.07, 6.45) is 11.7. The zero-order chi connectivity index (χ0) is 20.7. The number of ether oxygens (including phenoxy) is 2. The Kier molecular flexibility index (Phi) is 10.7. The van der Waals surface area contributed by atoms with E-state index in [1.807, 2.05) is 18.2 Å². The smallest absolute Gasteiger partial charge is 0.122 e. The number of hydrogen-bond donors (Lipinski definition) is 0. The molecule has 3 heteroatoms. The Bertz CT molecular complexity index is 747. The van der Waals surface area contributed by atoms with Crippen LogP contribution in [0.15, 0.2) is 48.5 Å². The van der Waals surface area contributed by atoms with Crippen LogP contribution in [0.1, 0.15) is 62.6 Å². The van der Waals surface area contributed by atoms with Crippen molar-refractivity contribution in [2.75, 3.05) is 13.2 Å². The van der Waals surface area contributed by atoms with Crippen molar-refractivity contribution < 1.29 is 14.3 Å². The number of hydrogen-bond acceptors (Lipinski definition) is 3. The average Bonchev–Trinajstić information content (AvgIpc) is 2.76. The lowest BCUT2D eigenvalue weighted by Crippen LogP contribution is -2.02. The molecule has 0 spiro atoms. The number of rotatable bonds is 14. The number of aryl methyl sites for hydroxylation is 2. The predicted molar refractivity (Wildman–Crippen MR) is 121 cm³/mol. The summed E-state index contributed by atoms with van der Waals surface area (Å²) in [6, 6.07) is 14.6. The molecule has 0 aliphatic heterocycles. The minimum atomic E-state index is 0.498. The third kappa shape index (κ3) is 8.55. The van der Waals surface area contributed by atoms with Crippen molar-refractivity contribution >= 4 is 12.4 Å². The second-order valence-corrected chi connectivity index (χ2v) is 7.17. The van der Waals surface area contributed by atoms with Gasteiger partial charge in [0.25, 0.3) is 0 Å². The van der Waals surface area contributed by atoms with Gasteiger partial charge in [0.1, 0.15) is 17.8 Å². The SMILES string of the molecule is CCCOc1ccc(OCCCC/C=C/c2ccc(CC)cc2)c(CCC=O)c1. The molecular formula is C26H34O3. The lowest BCUT2D eigenvalue weighted by Gasteiger charge is -2.13. The first kappa shape index (κ1) is 22.7. The van der Waals surface area contributed by atoms with Crippen LogP contribution in [-0.2, 0) is 17.6 Å². The Morgan fingerprint density at radius 3 is 2.45 bits per heavy atom. The van der Waals surface area contributed by atoms with Crippen molar-refractivity contribution in [3.05, 3.63) is 65.2 Å². The van der Waals surface area contributed by atoms with Crippen LogP contribution in [0.25, 0.3) is 6.08 Å². The second kappa shape index (κ2) is 13.6. The summed E-state index contributed by atoms with van der Waals surface area (Å²) in [6.45, 7) is 5.64. The Morgan fingerprint density at radius 1 is 0.897 bits per heavy atom. The Labute approximate surface area is 175 Å². The molecule has 0 bridgehead atoms. The van der Waals surface area contributed by atoms with E-state index in [9.17, 15) is 4.79 Å². The minimum Gasteiger partial charge on any atom is -0.494 e. The maximum Gasteiger partial charge on any atom is 0.122 e. The molecule has 0 N–H and O–H groups in total. The number of carbonyl (C=O) groups is 1. The van der Waals surface area contributed by atoms with Crippen molar-refractivity contribution in [3.8, 4) is 11.5 Å². The van der Waals surface area contributed by atoms with Gasteiger partial charge in [-0.25, -0.2) is 0 Å². The topological polar surface area (TPSA) is 35.5 Å². The first-order valence-electron chi connectivity index (χ1n) is 10.8. The summed E-state index contributed by atoms with van der Waals surface area (Å²) in [7, 11) is 0. The lowest BCUT2D eigenvalue weighted by molar-refractivity contribution is -0.107. The number of aldehydes is 1. The van der Waals surface area contributed by atoms with Gasteiger partial charge in [-0.15, -0.1) is 0 Å². The molecule has 0 aliphatic carbocycles. The summed E-state index contributed by atoms with van der Waals surface area (Å²) in [5, 5.41) is 0. The summed E-state index contributed by atoms with van der Waals surface area (Å²) in [5.74, 6) is 1.71. The van der Waals surface area contributed by atoms with Gasteiger partial charge in [-0.05, 0) is 73.4 Å². The highest BCUT2D eigenvalue weighted by Crippen LogP contribution is 2.26. The maximum absolute atomic E-state index is 10.8. The molecule has 0 saturated heterocycles. The average molecular weight is 395 g/mol. The quantitative estimate of drug-likeness (QED) is 0.273. The minimum absolute atomic E-state index is 0.498. The number of allylic oxidation sites excluding steroid dienone is 1. The van der Waals surface area contributed by atoms with E-state index in [0.29, 0.717) is 26.1 Å². The van der Waals surface area contributed by atoms with Crippen LogP contribution in [0.5, 0.6) is 11.5 Å². The van der Waals surface area contributed by atoms with E-state index in [-0.39, 0.29) is 0 Å². The van der Waals surface area contributed by atoms with Crippen molar-refractivity contribution in [1.29, 1.82) is 0 Å². The van der Waals surface area contributed by atoms with Gasteiger partial charge in [-0.3, -0.25) is 0 Å². The molecule has 3 nitrogen and oxygen atoms in total. The summed E-state index contributed by atoms with van der Waals surface area (Å²) in [4.78, 5) is 10.8. The third-order valence-electron chi connectivity index (χ3n) is 4.76. The molecule has 0 aliphatic rings. The van der Waals surface area contributed by atoms with Gasteiger partial charge >= 0.3 is 0 Å². The van der Waals surface area contributed by atoms with Crippen LogP contribution in [0, 0.1) is 0 Å². The summed E-state index contributed by atoms with van der Waals surface area (Å²) in [5.41, 5.74) is 3.67. The van der Waals surface area contributed by atoms with Gasteiger partial charge in [0, 0.05) is 6.42 Å². The second-order valence-electron chi connectivity index (χ2n) is 7.17. The molecule has 156 valence electrons. The van der Waals surface area contributed by atoms with E-state index < -0.39 is 0 Å². The van der Waals surface area contributed by atoms with Crippen LogP contribution in [0.4, 0.5) is 0 Å². The fraction of sp³-hybridized carbons (Fsp3) is 0.423. The van der Waals surface area contributed by atoms with Gasteiger partial charge in [-0.1, -0.05) is 50.3 Å². The van der Waals surface area contributed by atoms with Crippen LogP contribution in [0.2, 0.25) is 0 Å². The van der Waals surface area contributed by atoms with Crippen LogP contribution in [-0.4, -0.2) is 19.5 Å². The largest absolute Gasteiger partial charge is 0.494 e. The molecule has 2 rings (SSSR count). The molecule has 2 aromatic carbocycles. The van der Waals surface area contributed by atoms with E-state index in [1.54, 1.807) is 0 Å². The number of carbonyl (C=O) groups excluding carboxylic acids is 1. The van der Waals surface area contributed by atoms with Crippen molar-refractivity contribution in [2.24, 2.45) is 0 Å². The van der Waals surface area contributed by atoms with Gasteiger partial charge in [0.05, 0.1) is 13.2 Å². The van der Waals surface area contributed by atoms with Crippen LogP contribution in [0.3, 0.4) is 0 Å². The number of benzene rings is 2. The van der Waals surface area contributed by atoms with E-state index in [4.69, 9.17) is 9.47 Å².